The summed E-state index contributed by atoms with van der Waals surface area (Å²) < 4.78 is 39.0. The molecule has 2 unspecified atom stereocenters. The maximum Gasteiger partial charge on any atom is 0.416 e. The van der Waals surface area contributed by atoms with Gasteiger partial charge in [0.25, 0.3) is 0 Å². The SMILES string of the molecule is CCC1CCCC1(O)c1ccccc1C(F)(F)F. The lowest BCUT2D eigenvalue weighted by Gasteiger charge is -2.32. The van der Waals surface area contributed by atoms with Crippen molar-refractivity contribution in [2.75, 3.05) is 0 Å². The number of alkyl halides is 3. The van der Waals surface area contributed by atoms with E-state index in [4.69, 9.17) is 0 Å². The molecule has 1 N–H and O–H groups in total. The summed E-state index contributed by atoms with van der Waals surface area (Å²) in [6, 6.07) is 5.40. The summed E-state index contributed by atoms with van der Waals surface area (Å²) in [4.78, 5) is 0. The molecule has 2 atom stereocenters. The summed E-state index contributed by atoms with van der Waals surface area (Å²) in [7, 11) is 0. The highest BCUT2D eigenvalue weighted by Gasteiger charge is 2.46. The Labute approximate surface area is 105 Å². The normalized spacial score (nSPS) is 28.6. The van der Waals surface area contributed by atoms with Crippen molar-refractivity contribution in [2.45, 2.75) is 44.4 Å². The van der Waals surface area contributed by atoms with E-state index in [0.717, 1.165) is 18.9 Å². The van der Waals surface area contributed by atoms with Crippen LogP contribution in [0.4, 0.5) is 13.2 Å². The van der Waals surface area contributed by atoms with Crippen LogP contribution in [0.5, 0.6) is 0 Å². The largest absolute Gasteiger partial charge is 0.416 e. The van der Waals surface area contributed by atoms with Gasteiger partial charge in [-0.15, -0.1) is 0 Å². The second-order valence-electron chi connectivity index (χ2n) is 4.96. The predicted octanol–water partition coefficient (Wildman–Crippen LogP) is 4.10. The molecule has 100 valence electrons. The average molecular weight is 258 g/mol. The van der Waals surface area contributed by atoms with Crippen LogP contribution in [0.25, 0.3) is 0 Å². The van der Waals surface area contributed by atoms with Crippen molar-refractivity contribution in [3.63, 3.8) is 0 Å². The molecule has 0 amide bonds. The molecule has 1 nitrogen and oxygen atoms in total. The summed E-state index contributed by atoms with van der Waals surface area (Å²) in [5, 5.41) is 10.7. The number of hydrogen-bond acceptors (Lipinski definition) is 1. The zero-order chi connectivity index (χ0) is 13.4. The molecule has 0 bridgehead atoms. The maximum absolute atomic E-state index is 13.0. The lowest BCUT2D eigenvalue weighted by Crippen LogP contribution is -2.32. The van der Waals surface area contributed by atoms with Crippen LogP contribution in [0.2, 0.25) is 0 Å². The van der Waals surface area contributed by atoms with Crippen LogP contribution >= 0.6 is 0 Å². The zero-order valence-electron chi connectivity index (χ0n) is 10.3. The molecular weight excluding hydrogens is 241 g/mol. The highest BCUT2D eigenvalue weighted by atomic mass is 19.4. The van der Waals surface area contributed by atoms with Gasteiger partial charge in [-0.25, -0.2) is 0 Å². The van der Waals surface area contributed by atoms with Crippen molar-refractivity contribution in [3.05, 3.63) is 35.4 Å². The molecule has 4 heteroatoms. The molecule has 1 aliphatic carbocycles. The van der Waals surface area contributed by atoms with E-state index in [0.29, 0.717) is 12.8 Å². The molecule has 0 aliphatic heterocycles. The minimum atomic E-state index is -4.41. The highest BCUT2D eigenvalue weighted by molar-refractivity contribution is 5.35. The number of hydrogen-bond donors (Lipinski definition) is 1. The van der Waals surface area contributed by atoms with Gasteiger partial charge in [0.05, 0.1) is 11.2 Å². The van der Waals surface area contributed by atoms with E-state index in [9.17, 15) is 18.3 Å². The summed E-state index contributed by atoms with van der Waals surface area (Å²) >= 11 is 0. The van der Waals surface area contributed by atoms with Crippen LogP contribution in [0.3, 0.4) is 0 Å². The van der Waals surface area contributed by atoms with Gasteiger partial charge in [-0.1, -0.05) is 31.5 Å². The molecule has 2 rings (SSSR count). The molecule has 1 aromatic rings. The Bertz CT molecular complexity index is 427. The molecule has 1 aromatic carbocycles. The molecule has 0 spiro atoms. The number of aliphatic hydroxyl groups is 1. The van der Waals surface area contributed by atoms with Crippen LogP contribution in [-0.4, -0.2) is 5.11 Å². The Balaban J connectivity index is 2.51. The number of benzene rings is 1. The van der Waals surface area contributed by atoms with Crippen molar-refractivity contribution in [3.8, 4) is 0 Å². The van der Waals surface area contributed by atoms with Crippen molar-refractivity contribution >= 4 is 0 Å². The van der Waals surface area contributed by atoms with Crippen molar-refractivity contribution in [1.29, 1.82) is 0 Å². The molecule has 1 aliphatic rings. The van der Waals surface area contributed by atoms with Gasteiger partial charge in [-0.2, -0.15) is 13.2 Å². The van der Waals surface area contributed by atoms with Gasteiger partial charge in [-0.05, 0) is 36.8 Å². The van der Waals surface area contributed by atoms with E-state index < -0.39 is 17.3 Å². The van der Waals surface area contributed by atoms with Gasteiger partial charge >= 0.3 is 6.18 Å². The number of rotatable bonds is 2. The summed E-state index contributed by atoms with van der Waals surface area (Å²) in [6.07, 6.45) is -1.73. The van der Waals surface area contributed by atoms with Gasteiger partial charge in [0.1, 0.15) is 0 Å². The summed E-state index contributed by atoms with van der Waals surface area (Å²) in [6.45, 7) is 1.91. The van der Waals surface area contributed by atoms with Crippen LogP contribution in [0.1, 0.15) is 43.7 Å². The topological polar surface area (TPSA) is 20.2 Å². The first-order valence-electron chi connectivity index (χ1n) is 6.28. The fourth-order valence-corrected chi connectivity index (χ4v) is 3.07. The number of halogens is 3. The highest BCUT2D eigenvalue weighted by Crippen LogP contribution is 2.48. The first-order valence-corrected chi connectivity index (χ1v) is 6.28. The van der Waals surface area contributed by atoms with E-state index in [2.05, 4.69) is 0 Å². The molecule has 18 heavy (non-hydrogen) atoms. The fourth-order valence-electron chi connectivity index (χ4n) is 3.07. The molecule has 0 radical (unpaired) electrons. The van der Waals surface area contributed by atoms with Crippen LogP contribution in [-0.2, 0) is 11.8 Å². The standard InChI is InChI=1S/C14H17F3O/c1-2-10-6-5-9-13(10,18)11-7-3-4-8-12(11)14(15,16)17/h3-4,7-8,10,18H,2,5-6,9H2,1H3. The Hall–Kier alpha value is -1.03. The molecule has 0 heterocycles. The van der Waals surface area contributed by atoms with Gasteiger partial charge < -0.3 is 5.11 Å². The van der Waals surface area contributed by atoms with Gasteiger partial charge in [0.15, 0.2) is 0 Å². The molecule has 1 fully saturated rings. The monoisotopic (exact) mass is 258 g/mol. The molecule has 0 aromatic heterocycles. The Morgan fingerprint density at radius 3 is 2.61 bits per heavy atom. The van der Waals surface area contributed by atoms with Crippen LogP contribution in [0, 0.1) is 5.92 Å². The third kappa shape index (κ3) is 2.14. The summed E-state index contributed by atoms with van der Waals surface area (Å²) in [5.41, 5.74) is -1.98. The van der Waals surface area contributed by atoms with Crippen molar-refractivity contribution in [2.24, 2.45) is 5.92 Å². The fraction of sp³-hybridized carbons (Fsp3) is 0.571. The lowest BCUT2D eigenvalue weighted by atomic mass is 9.80. The van der Waals surface area contributed by atoms with E-state index in [-0.39, 0.29) is 11.5 Å². The first kappa shape index (κ1) is 13.4. The Morgan fingerprint density at radius 1 is 1.33 bits per heavy atom. The Morgan fingerprint density at radius 2 is 2.00 bits per heavy atom. The molecule has 1 saturated carbocycles. The first-order chi connectivity index (χ1) is 8.39. The van der Waals surface area contributed by atoms with E-state index in [1.54, 1.807) is 6.07 Å². The second-order valence-corrected chi connectivity index (χ2v) is 4.96. The van der Waals surface area contributed by atoms with E-state index >= 15 is 0 Å². The second kappa shape index (κ2) is 4.57. The average Bonchev–Trinajstić information content (AvgIpc) is 2.71. The quantitative estimate of drug-likeness (QED) is 0.846. The minimum Gasteiger partial charge on any atom is -0.385 e. The lowest BCUT2D eigenvalue weighted by molar-refractivity contribution is -0.141. The summed E-state index contributed by atoms with van der Waals surface area (Å²) in [5.74, 6) is -0.0824. The van der Waals surface area contributed by atoms with Crippen LogP contribution < -0.4 is 0 Å². The molecular formula is C14H17F3O. The molecule has 0 saturated heterocycles. The van der Waals surface area contributed by atoms with Crippen molar-refractivity contribution in [1.82, 2.24) is 0 Å². The van der Waals surface area contributed by atoms with E-state index in [1.807, 2.05) is 6.92 Å². The van der Waals surface area contributed by atoms with E-state index in [1.165, 1.54) is 12.1 Å². The third-order valence-corrected chi connectivity index (χ3v) is 3.98. The van der Waals surface area contributed by atoms with Gasteiger partial charge in [0.2, 0.25) is 0 Å². The maximum atomic E-state index is 13.0. The Kier molecular flexibility index (Phi) is 3.41. The third-order valence-electron chi connectivity index (χ3n) is 3.98. The van der Waals surface area contributed by atoms with Crippen LogP contribution in [0.15, 0.2) is 24.3 Å². The smallest absolute Gasteiger partial charge is 0.385 e. The van der Waals surface area contributed by atoms with Crippen molar-refractivity contribution < 1.29 is 18.3 Å². The minimum absolute atomic E-state index is 0.0434. The van der Waals surface area contributed by atoms with Gasteiger partial charge in [0, 0.05) is 0 Å². The zero-order valence-corrected chi connectivity index (χ0v) is 10.3. The van der Waals surface area contributed by atoms with Gasteiger partial charge in [-0.3, -0.25) is 0 Å². The predicted molar refractivity (Wildman–Crippen MR) is 63.0 cm³/mol.